The lowest BCUT2D eigenvalue weighted by molar-refractivity contribution is -0.118. The molecule has 0 radical (unpaired) electrons. The van der Waals surface area contributed by atoms with Gasteiger partial charge in [0.25, 0.3) is 5.91 Å². The molecule has 0 aliphatic heterocycles. The van der Waals surface area contributed by atoms with Crippen molar-refractivity contribution in [2.75, 3.05) is 11.9 Å². The van der Waals surface area contributed by atoms with Crippen molar-refractivity contribution < 1.29 is 18.4 Å². The Bertz CT molecular complexity index is 545. The molecule has 0 atom stereocenters. The largest absolute Gasteiger partial charge is 0.482 e. The Kier molecular flexibility index (Phi) is 3.78. The maximum atomic E-state index is 12.8. The van der Waals surface area contributed by atoms with Crippen molar-refractivity contribution in [3.63, 3.8) is 0 Å². The van der Waals surface area contributed by atoms with Gasteiger partial charge in [-0.15, -0.1) is 0 Å². The van der Waals surface area contributed by atoms with Crippen LogP contribution in [0.25, 0.3) is 0 Å². The molecule has 5 nitrogen and oxygen atoms in total. The average molecular weight is 271 g/mol. The van der Waals surface area contributed by atoms with Crippen molar-refractivity contribution in [1.82, 2.24) is 5.16 Å². The SMILES string of the molecule is O=C(COc1ccc(F)cc1Cl)Nc1ccon1. The molecule has 2 aromatic rings. The van der Waals surface area contributed by atoms with E-state index in [2.05, 4.69) is 15.0 Å². The molecule has 0 bridgehead atoms. The molecular formula is C11H8ClFN2O3. The number of carbonyl (C=O) groups is 1. The summed E-state index contributed by atoms with van der Waals surface area (Å²) in [6, 6.07) is 5.13. The topological polar surface area (TPSA) is 64.4 Å². The number of halogens is 2. The highest BCUT2D eigenvalue weighted by Gasteiger charge is 2.08. The van der Waals surface area contributed by atoms with Crippen molar-refractivity contribution >= 4 is 23.3 Å². The summed E-state index contributed by atoms with van der Waals surface area (Å²) >= 11 is 5.73. The zero-order valence-corrected chi connectivity index (χ0v) is 9.78. The number of nitrogens with one attached hydrogen (secondary N) is 1. The van der Waals surface area contributed by atoms with Crippen molar-refractivity contribution in [2.45, 2.75) is 0 Å². The van der Waals surface area contributed by atoms with Gasteiger partial charge in [0, 0.05) is 6.07 Å². The average Bonchev–Trinajstić information content (AvgIpc) is 2.80. The first kappa shape index (κ1) is 12.4. The van der Waals surface area contributed by atoms with Crippen LogP contribution in [-0.4, -0.2) is 17.7 Å². The van der Waals surface area contributed by atoms with Crippen LogP contribution >= 0.6 is 11.6 Å². The molecular weight excluding hydrogens is 263 g/mol. The van der Waals surface area contributed by atoms with E-state index >= 15 is 0 Å². The van der Waals surface area contributed by atoms with Gasteiger partial charge in [0.1, 0.15) is 17.8 Å². The summed E-state index contributed by atoms with van der Waals surface area (Å²) in [4.78, 5) is 11.4. The predicted molar refractivity (Wildman–Crippen MR) is 62.0 cm³/mol. The molecule has 1 amide bonds. The van der Waals surface area contributed by atoms with Crippen molar-refractivity contribution in [2.24, 2.45) is 0 Å². The smallest absolute Gasteiger partial charge is 0.263 e. The number of ether oxygens (including phenoxy) is 1. The van der Waals surface area contributed by atoms with Crippen LogP contribution in [0.2, 0.25) is 5.02 Å². The van der Waals surface area contributed by atoms with E-state index in [0.717, 1.165) is 6.07 Å². The van der Waals surface area contributed by atoms with Crippen molar-refractivity contribution in [3.05, 3.63) is 41.4 Å². The number of aromatic nitrogens is 1. The number of nitrogens with zero attached hydrogens (tertiary/aromatic N) is 1. The van der Waals surface area contributed by atoms with Gasteiger partial charge in [0.2, 0.25) is 0 Å². The van der Waals surface area contributed by atoms with E-state index in [1.54, 1.807) is 0 Å². The first-order chi connectivity index (χ1) is 8.65. The summed E-state index contributed by atoms with van der Waals surface area (Å²) in [7, 11) is 0. The van der Waals surface area contributed by atoms with E-state index in [1.165, 1.54) is 24.5 Å². The summed E-state index contributed by atoms with van der Waals surface area (Å²) in [5.41, 5.74) is 0. The third-order valence-electron chi connectivity index (χ3n) is 1.96. The third-order valence-corrected chi connectivity index (χ3v) is 2.25. The summed E-state index contributed by atoms with van der Waals surface area (Å²) in [6.45, 7) is -0.266. The molecule has 1 aromatic carbocycles. The molecule has 2 rings (SSSR count). The molecule has 18 heavy (non-hydrogen) atoms. The molecule has 0 saturated heterocycles. The van der Waals surface area contributed by atoms with Gasteiger partial charge < -0.3 is 14.6 Å². The van der Waals surface area contributed by atoms with Crippen molar-refractivity contribution in [3.8, 4) is 5.75 Å². The Balaban J connectivity index is 1.89. The van der Waals surface area contributed by atoms with Gasteiger partial charge in [-0.1, -0.05) is 16.8 Å². The van der Waals surface area contributed by atoms with Crippen LogP contribution in [0.1, 0.15) is 0 Å². The molecule has 0 fully saturated rings. The van der Waals surface area contributed by atoms with Crippen LogP contribution in [-0.2, 0) is 4.79 Å². The second kappa shape index (κ2) is 5.50. The van der Waals surface area contributed by atoms with Gasteiger partial charge in [0.05, 0.1) is 5.02 Å². The minimum absolute atomic E-state index is 0.101. The molecule has 0 unspecified atom stereocenters. The van der Waals surface area contributed by atoms with E-state index in [4.69, 9.17) is 16.3 Å². The van der Waals surface area contributed by atoms with Crippen LogP contribution in [0.4, 0.5) is 10.2 Å². The third kappa shape index (κ3) is 3.21. The summed E-state index contributed by atoms with van der Waals surface area (Å²) in [5.74, 6) is -0.383. The maximum Gasteiger partial charge on any atom is 0.263 e. The highest BCUT2D eigenvalue weighted by Crippen LogP contribution is 2.24. The standard InChI is InChI=1S/C11H8ClFN2O3/c12-8-5-7(13)1-2-9(8)17-6-11(16)14-10-3-4-18-15-10/h1-5H,6H2,(H,14,15,16). The summed E-state index contributed by atoms with van der Waals surface area (Å²) in [6.07, 6.45) is 1.33. The van der Waals surface area contributed by atoms with E-state index < -0.39 is 11.7 Å². The van der Waals surface area contributed by atoms with E-state index in [9.17, 15) is 9.18 Å². The monoisotopic (exact) mass is 270 g/mol. The summed E-state index contributed by atoms with van der Waals surface area (Å²) < 4.78 is 22.4. The molecule has 0 aliphatic rings. The molecule has 1 aromatic heterocycles. The fraction of sp³-hybridized carbons (Fsp3) is 0.0909. The van der Waals surface area contributed by atoms with Gasteiger partial charge in [-0.05, 0) is 18.2 Å². The van der Waals surface area contributed by atoms with Crippen LogP contribution in [0.5, 0.6) is 5.75 Å². The minimum Gasteiger partial charge on any atom is -0.482 e. The molecule has 0 spiro atoms. The number of hydrogen-bond acceptors (Lipinski definition) is 4. The van der Waals surface area contributed by atoms with Gasteiger partial charge in [-0.25, -0.2) is 4.39 Å². The molecule has 0 aliphatic carbocycles. The Morgan fingerprint density at radius 3 is 3.00 bits per heavy atom. The summed E-state index contributed by atoms with van der Waals surface area (Å²) in [5, 5.41) is 6.04. The fourth-order valence-corrected chi connectivity index (χ4v) is 1.41. The predicted octanol–water partition coefficient (Wildman–Crippen LogP) is 2.48. The Morgan fingerprint density at radius 1 is 1.50 bits per heavy atom. The van der Waals surface area contributed by atoms with E-state index in [-0.39, 0.29) is 23.2 Å². The number of rotatable bonds is 4. The lowest BCUT2D eigenvalue weighted by Crippen LogP contribution is -2.20. The minimum atomic E-state index is -0.473. The number of benzene rings is 1. The second-order valence-electron chi connectivity index (χ2n) is 3.30. The zero-order valence-electron chi connectivity index (χ0n) is 9.02. The van der Waals surface area contributed by atoms with E-state index in [0.29, 0.717) is 0 Å². The zero-order chi connectivity index (χ0) is 13.0. The number of carbonyl (C=O) groups excluding carboxylic acids is 1. The van der Waals surface area contributed by atoms with Gasteiger partial charge >= 0.3 is 0 Å². The number of hydrogen-bond donors (Lipinski definition) is 1. The Morgan fingerprint density at radius 2 is 2.33 bits per heavy atom. The van der Waals surface area contributed by atoms with Crippen LogP contribution in [0.15, 0.2) is 35.1 Å². The highest BCUT2D eigenvalue weighted by atomic mass is 35.5. The first-order valence-corrected chi connectivity index (χ1v) is 5.31. The Hall–Kier alpha value is -2.08. The first-order valence-electron chi connectivity index (χ1n) is 4.93. The molecule has 0 saturated carbocycles. The van der Waals surface area contributed by atoms with Gasteiger partial charge in [0.15, 0.2) is 12.4 Å². The van der Waals surface area contributed by atoms with Gasteiger partial charge in [-0.2, -0.15) is 0 Å². The fourth-order valence-electron chi connectivity index (χ4n) is 1.19. The van der Waals surface area contributed by atoms with Crippen LogP contribution in [0, 0.1) is 5.82 Å². The molecule has 1 heterocycles. The van der Waals surface area contributed by atoms with Crippen molar-refractivity contribution in [1.29, 1.82) is 0 Å². The maximum absolute atomic E-state index is 12.8. The lowest BCUT2D eigenvalue weighted by Gasteiger charge is -2.07. The quantitative estimate of drug-likeness (QED) is 0.927. The van der Waals surface area contributed by atoms with E-state index in [1.807, 2.05) is 0 Å². The van der Waals surface area contributed by atoms with Crippen LogP contribution < -0.4 is 10.1 Å². The molecule has 1 N–H and O–H groups in total. The lowest BCUT2D eigenvalue weighted by atomic mass is 10.3. The molecule has 94 valence electrons. The highest BCUT2D eigenvalue weighted by molar-refractivity contribution is 6.32. The number of anilines is 1. The second-order valence-corrected chi connectivity index (χ2v) is 3.70. The van der Waals surface area contributed by atoms with Gasteiger partial charge in [-0.3, -0.25) is 4.79 Å². The van der Waals surface area contributed by atoms with Crippen LogP contribution in [0.3, 0.4) is 0 Å². The normalized spacial score (nSPS) is 10.1. The number of amides is 1. The molecule has 7 heteroatoms. The Labute approximate surface area is 106 Å².